The van der Waals surface area contributed by atoms with Crippen molar-refractivity contribution in [3.8, 4) is 0 Å². The third kappa shape index (κ3) is 1.47. The lowest BCUT2D eigenvalue weighted by Gasteiger charge is -2.07. The van der Waals surface area contributed by atoms with E-state index in [1.54, 1.807) is 0 Å². The van der Waals surface area contributed by atoms with Gasteiger partial charge in [0.05, 0.1) is 12.0 Å². The zero-order valence-corrected chi connectivity index (χ0v) is 8.82. The summed E-state index contributed by atoms with van der Waals surface area (Å²) in [5, 5.41) is 7.75. The summed E-state index contributed by atoms with van der Waals surface area (Å²) in [5.74, 6) is 1.01. The molecule has 12 heavy (non-hydrogen) atoms. The molecule has 0 radical (unpaired) electrons. The van der Waals surface area contributed by atoms with Crippen LogP contribution in [0.25, 0.3) is 0 Å². The summed E-state index contributed by atoms with van der Waals surface area (Å²) in [6.45, 7) is 2.83. The van der Waals surface area contributed by atoms with Gasteiger partial charge >= 0.3 is 0 Å². The molecular formula is C7H9IN2O2. The van der Waals surface area contributed by atoms with Gasteiger partial charge in [0.1, 0.15) is 0 Å². The summed E-state index contributed by atoms with van der Waals surface area (Å²) in [6.07, 6.45) is 1.20. The summed E-state index contributed by atoms with van der Waals surface area (Å²) < 4.78 is 11.3. The number of halogens is 1. The minimum absolute atomic E-state index is 0.209. The van der Waals surface area contributed by atoms with Crippen LogP contribution in [0.1, 0.15) is 25.2 Å². The van der Waals surface area contributed by atoms with Crippen molar-refractivity contribution in [2.24, 2.45) is 0 Å². The Labute approximate surface area is 83.8 Å². The van der Waals surface area contributed by atoms with Crippen LogP contribution >= 0.6 is 22.6 Å². The molecule has 1 aromatic rings. The Hall–Kier alpha value is -0.170. The van der Waals surface area contributed by atoms with Gasteiger partial charge in [-0.1, -0.05) is 0 Å². The molecule has 1 fully saturated rings. The zero-order valence-electron chi connectivity index (χ0n) is 6.66. The molecule has 0 N–H and O–H groups in total. The first kappa shape index (κ1) is 8.43. The molecule has 0 bridgehead atoms. The second-order valence-corrected chi connectivity index (χ2v) is 3.79. The van der Waals surface area contributed by atoms with Gasteiger partial charge in [-0.15, -0.1) is 10.2 Å². The monoisotopic (exact) mass is 280 g/mol. The Bertz CT molecular complexity index is 276. The molecule has 1 aliphatic heterocycles. The summed E-state index contributed by atoms with van der Waals surface area (Å²) in [5.41, 5.74) is 0. The van der Waals surface area contributed by atoms with Crippen molar-refractivity contribution in [2.75, 3.05) is 6.61 Å². The molecule has 0 aliphatic carbocycles. The van der Waals surface area contributed by atoms with E-state index in [9.17, 15) is 0 Å². The minimum atomic E-state index is 0.209. The van der Waals surface area contributed by atoms with E-state index in [1.807, 2.05) is 29.5 Å². The van der Waals surface area contributed by atoms with Crippen molar-refractivity contribution in [1.82, 2.24) is 10.2 Å². The van der Waals surface area contributed by atoms with E-state index >= 15 is 0 Å². The average molecular weight is 280 g/mol. The Kier molecular flexibility index (Phi) is 2.31. The van der Waals surface area contributed by atoms with Gasteiger partial charge in [0, 0.05) is 29.2 Å². The second-order valence-electron chi connectivity index (χ2n) is 2.86. The van der Waals surface area contributed by atoms with Crippen LogP contribution in [-0.4, -0.2) is 22.9 Å². The normalized spacial score (nSPS) is 29.5. The Morgan fingerprint density at radius 3 is 2.83 bits per heavy atom. The number of rotatable bonds is 1. The van der Waals surface area contributed by atoms with E-state index in [1.165, 1.54) is 0 Å². The van der Waals surface area contributed by atoms with Crippen molar-refractivity contribution in [1.29, 1.82) is 0 Å². The van der Waals surface area contributed by atoms with Gasteiger partial charge in [0.2, 0.25) is 5.89 Å². The van der Waals surface area contributed by atoms with E-state index < -0.39 is 0 Å². The molecule has 0 aromatic carbocycles. The maximum absolute atomic E-state index is 5.40. The summed E-state index contributed by atoms with van der Waals surface area (Å²) in [6, 6.07) is 0. The quantitative estimate of drug-likeness (QED) is 0.732. The van der Waals surface area contributed by atoms with Crippen LogP contribution in [0.15, 0.2) is 4.42 Å². The zero-order chi connectivity index (χ0) is 8.55. The number of hydrogen-bond donors (Lipinski definition) is 0. The van der Waals surface area contributed by atoms with Crippen molar-refractivity contribution >= 4 is 22.6 Å². The van der Waals surface area contributed by atoms with E-state index in [4.69, 9.17) is 9.15 Å². The first-order valence-corrected chi connectivity index (χ1v) is 4.96. The first-order valence-electron chi connectivity index (χ1n) is 3.88. The number of ether oxygens (including phenoxy) is 1. The fraction of sp³-hybridized carbons (Fsp3) is 0.714. The highest BCUT2D eigenvalue weighted by Gasteiger charge is 2.30. The predicted octanol–water partition coefficient (Wildman–Crippen LogP) is 1.57. The van der Waals surface area contributed by atoms with Gasteiger partial charge in [-0.3, -0.25) is 0 Å². The molecule has 1 aliphatic rings. The third-order valence-electron chi connectivity index (χ3n) is 2.11. The molecule has 2 atom stereocenters. The van der Waals surface area contributed by atoms with Crippen LogP contribution in [0.4, 0.5) is 0 Å². The molecule has 2 unspecified atom stereocenters. The van der Waals surface area contributed by atoms with Crippen molar-refractivity contribution in [3.63, 3.8) is 0 Å². The van der Waals surface area contributed by atoms with Crippen LogP contribution in [0.3, 0.4) is 0 Å². The molecule has 0 saturated carbocycles. The molecule has 5 heteroatoms. The van der Waals surface area contributed by atoms with E-state index in [0.717, 1.165) is 13.0 Å². The predicted molar refractivity (Wildman–Crippen MR) is 49.8 cm³/mol. The SMILES string of the molecule is CC1OCCC1c1nnc(I)o1. The Morgan fingerprint density at radius 1 is 1.50 bits per heavy atom. The molecule has 1 saturated heterocycles. The average Bonchev–Trinajstić information content (AvgIpc) is 2.58. The maximum Gasteiger partial charge on any atom is 0.278 e. The highest BCUT2D eigenvalue weighted by Crippen LogP contribution is 2.29. The number of aromatic nitrogens is 2. The smallest absolute Gasteiger partial charge is 0.278 e. The van der Waals surface area contributed by atoms with Gasteiger partial charge in [-0.05, 0) is 13.3 Å². The molecule has 2 rings (SSSR count). The molecule has 0 amide bonds. The lowest BCUT2D eigenvalue weighted by molar-refractivity contribution is 0.114. The summed E-state index contributed by atoms with van der Waals surface area (Å²) in [4.78, 5) is 0. The largest absolute Gasteiger partial charge is 0.416 e. The summed E-state index contributed by atoms with van der Waals surface area (Å²) in [7, 11) is 0. The molecule has 4 nitrogen and oxygen atoms in total. The van der Waals surface area contributed by atoms with Crippen molar-refractivity contribution < 1.29 is 9.15 Å². The number of nitrogens with zero attached hydrogens (tertiary/aromatic N) is 2. The Morgan fingerprint density at radius 2 is 2.33 bits per heavy atom. The maximum atomic E-state index is 5.40. The highest BCUT2D eigenvalue weighted by molar-refractivity contribution is 14.1. The molecule has 1 aromatic heterocycles. The van der Waals surface area contributed by atoms with Crippen LogP contribution in [-0.2, 0) is 4.74 Å². The van der Waals surface area contributed by atoms with E-state index in [0.29, 0.717) is 15.7 Å². The fourth-order valence-corrected chi connectivity index (χ4v) is 1.76. The topological polar surface area (TPSA) is 48.2 Å². The molecule has 2 heterocycles. The lowest BCUT2D eigenvalue weighted by atomic mass is 10.0. The van der Waals surface area contributed by atoms with Gasteiger partial charge in [0.25, 0.3) is 3.90 Å². The third-order valence-corrected chi connectivity index (χ3v) is 2.55. The van der Waals surface area contributed by atoms with Crippen LogP contribution in [0.2, 0.25) is 0 Å². The standard InChI is InChI=1S/C7H9IN2O2/c1-4-5(2-3-11-4)6-9-10-7(8)12-6/h4-5H,2-3H2,1H3. The first-order chi connectivity index (χ1) is 5.77. The second kappa shape index (κ2) is 3.29. The summed E-state index contributed by atoms with van der Waals surface area (Å²) >= 11 is 2.01. The van der Waals surface area contributed by atoms with Crippen LogP contribution in [0.5, 0.6) is 0 Å². The van der Waals surface area contributed by atoms with E-state index in [-0.39, 0.29) is 6.10 Å². The van der Waals surface area contributed by atoms with Gasteiger partial charge in [-0.2, -0.15) is 0 Å². The molecule has 66 valence electrons. The van der Waals surface area contributed by atoms with Crippen molar-refractivity contribution in [3.05, 3.63) is 9.79 Å². The minimum Gasteiger partial charge on any atom is -0.416 e. The van der Waals surface area contributed by atoms with Gasteiger partial charge in [0.15, 0.2) is 0 Å². The van der Waals surface area contributed by atoms with Crippen molar-refractivity contribution in [2.45, 2.75) is 25.4 Å². The van der Waals surface area contributed by atoms with Gasteiger partial charge < -0.3 is 9.15 Å². The van der Waals surface area contributed by atoms with E-state index in [2.05, 4.69) is 10.2 Å². The molecule has 0 spiro atoms. The highest BCUT2D eigenvalue weighted by atomic mass is 127. The lowest BCUT2D eigenvalue weighted by Crippen LogP contribution is -2.09. The van der Waals surface area contributed by atoms with Crippen LogP contribution in [0, 0.1) is 3.90 Å². The van der Waals surface area contributed by atoms with Gasteiger partial charge in [-0.25, -0.2) is 0 Å². The fourth-order valence-electron chi connectivity index (χ4n) is 1.42. The molecular weight excluding hydrogens is 271 g/mol. The number of hydrogen-bond acceptors (Lipinski definition) is 4. The van der Waals surface area contributed by atoms with Crippen LogP contribution < -0.4 is 0 Å². The Balaban J connectivity index is 2.19.